The molecule has 1 aliphatic heterocycles. The zero-order valence-electron chi connectivity index (χ0n) is 16.0. The summed E-state index contributed by atoms with van der Waals surface area (Å²) in [4.78, 5) is 14.1. The molecule has 0 saturated carbocycles. The van der Waals surface area contributed by atoms with Gasteiger partial charge in [0.1, 0.15) is 5.25 Å². The van der Waals surface area contributed by atoms with E-state index in [-0.39, 0.29) is 23.0 Å². The summed E-state index contributed by atoms with van der Waals surface area (Å²) in [5.41, 5.74) is 0.958. The quantitative estimate of drug-likeness (QED) is 0.700. The van der Waals surface area contributed by atoms with Crippen molar-refractivity contribution in [2.75, 3.05) is 18.8 Å². The van der Waals surface area contributed by atoms with Gasteiger partial charge < -0.3 is 5.32 Å². The normalized spacial score (nSPS) is 17.2. The largest absolute Gasteiger partial charge is 0.352 e. The van der Waals surface area contributed by atoms with Gasteiger partial charge in [0.05, 0.1) is 5.75 Å². The molecule has 0 unspecified atom stereocenters. The number of nitrogens with zero attached hydrogens (tertiary/aromatic N) is 1. The number of sulfonamides is 1. The van der Waals surface area contributed by atoms with E-state index in [2.05, 4.69) is 5.32 Å². The van der Waals surface area contributed by atoms with Crippen LogP contribution in [0.1, 0.15) is 30.6 Å². The molecule has 7 heteroatoms. The Morgan fingerprint density at radius 2 is 1.64 bits per heavy atom. The molecule has 3 rings (SSSR count). The lowest BCUT2D eigenvalue weighted by Crippen LogP contribution is -2.47. The summed E-state index contributed by atoms with van der Waals surface area (Å²) in [6.07, 6.45) is 1.28. The third-order valence-corrected chi connectivity index (χ3v) is 8.04. The molecule has 0 bridgehead atoms. The van der Waals surface area contributed by atoms with Gasteiger partial charge in [-0.1, -0.05) is 48.5 Å². The van der Waals surface area contributed by atoms with Crippen LogP contribution in [-0.4, -0.2) is 43.5 Å². The minimum Gasteiger partial charge on any atom is -0.352 e. The maximum absolute atomic E-state index is 13.1. The Kier molecular flexibility index (Phi) is 7.15. The molecule has 2 aromatic carbocycles. The van der Waals surface area contributed by atoms with Gasteiger partial charge in [-0.2, -0.15) is 0 Å². The van der Waals surface area contributed by atoms with E-state index in [9.17, 15) is 13.2 Å². The van der Waals surface area contributed by atoms with Crippen molar-refractivity contribution in [3.8, 4) is 0 Å². The number of carbonyl (C=O) groups is 1. The molecule has 0 aromatic heterocycles. The van der Waals surface area contributed by atoms with Crippen LogP contribution in [0.3, 0.4) is 0 Å². The molecule has 1 N–H and O–H groups in total. The van der Waals surface area contributed by atoms with E-state index in [0.29, 0.717) is 25.9 Å². The summed E-state index contributed by atoms with van der Waals surface area (Å²) < 4.78 is 25.6. The topological polar surface area (TPSA) is 66.5 Å². The summed E-state index contributed by atoms with van der Waals surface area (Å²) >= 11 is 1.53. The molecule has 0 spiro atoms. The maximum atomic E-state index is 13.1. The van der Waals surface area contributed by atoms with Gasteiger partial charge in [-0.05, 0) is 37.5 Å². The lowest BCUT2D eigenvalue weighted by Gasteiger charge is -2.32. The lowest BCUT2D eigenvalue weighted by atomic mass is 10.1. The van der Waals surface area contributed by atoms with Crippen molar-refractivity contribution in [3.05, 3.63) is 66.2 Å². The summed E-state index contributed by atoms with van der Waals surface area (Å²) in [6, 6.07) is 19.6. The Hall–Kier alpha value is -1.83. The number of hydrogen-bond acceptors (Lipinski definition) is 4. The van der Waals surface area contributed by atoms with Crippen LogP contribution in [0.5, 0.6) is 0 Å². The van der Waals surface area contributed by atoms with Gasteiger partial charge in [0.2, 0.25) is 15.9 Å². The number of benzene rings is 2. The highest BCUT2D eigenvalue weighted by molar-refractivity contribution is 8.00. The second-order valence-electron chi connectivity index (χ2n) is 6.80. The highest BCUT2D eigenvalue weighted by Gasteiger charge is 2.29. The van der Waals surface area contributed by atoms with E-state index >= 15 is 0 Å². The lowest BCUT2D eigenvalue weighted by molar-refractivity contribution is -0.121. The minimum atomic E-state index is -3.16. The molecular formula is C21H26N2O3S2. The first-order chi connectivity index (χ1) is 13.5. The van der Waals surface area contributed by atoms with Crippen LogP contribution in [0.2, 0.25) is 0 Å². The Labute approximate surface area is 171 Å². The summed E-state index contributed by atoms with van der Waals surface area (Å²) in [6.45, 7) is 2.58. The van der Waals surface area contributed by atoms with Crippen LogP contribution in [-0.2, 0) is 14.8 Å². The molecule has 5 nitrogen and oxygen atoms in total. The van der Waals surface area contributed by atoms with Crippen LogP contribution in [0.4, 0.5) is 0 Å². The molecule has 1 saturated heterocycles. The van der Waals surface area contributed by atoms with E-state index in [4.69, 9.17) is 0 Å². The first-order valence-corrected chi connectivity index (χ1v) is 12.0. The zero-order valence-corrected chi connectivity index (χ0v) is 17.6. The van der Waals surface area contributed by atoms with Gasteiger partial charge in [-0.3, -0.25) is 4.79 Å². The first kappa shape index (κ1) is 20.9. The third-order valence-electron chi connectivity index (χ3n) is 4.90. The summed E-state index contributed by atoms with van der Waals surface area (Å²) in [7, 11) is -3.16. The molecule has 0 aliphatic carbocycles. The van der Waals surface area contributed by atoms with E-state index in [1.54, 1.807) is 6.92 Å². The van der Waals surface area contributed by atoms with Crippen LogP contribution in [0.25, 0.3) is 0 Å². The van der Waals surface area contributed by atoms with Crippen LogP contribution in [0, 0.1) is 0 Å². The van der Waals surface area contributed by atoms with Gasteiger partial charge in [-0.15, -0.1) is 11.8 Å². The molecule has 1 fully saturated rings. The third kappa shape index (κ3) is 5.37. The molecule has 2 aromatic rings. The van der Waals surface area contributed by atoms with E-state index in [1.807, 2.05) is 60.7 Å². The molecule has 1 atom stereocenters. The molecule has 0 radical (unpaired) electrons. The van der Waals surface area contributed by atoms with Crippen molar-refractivity contribution >= 4 is 27.7 Å². The van der Waals surface area contributed by atoms with E-state index in [1.165, 1.54) is 16.1 Å². The number of amides is 1. The monoisotopic (exact) mass is 418 g/mol. The molecule has 1 heterocycles. The Bertz CT molecular complexity index is 865. The molecular weight excluding hydrogens is 392 g/mol. The number of carbonyl (C=O) groups excluding carboxylic acids is 1. The summed E-state index contributed by atoms with van der Waals surface area (Å²) in [5.74, 6) is 0.0882. The van der Waals surface area contributed by atoms with Gasteiger partial charge >= 0.3 is 0 Å². The highest BCUT2D eigenvalue weighted by atomic mass is 32.2. The number of thioether (sulfide) groups is 1. The maximum Gasteiger partial charge on any atom is 0.238 e. The second kappa shape index (κ2) is 9.58. The fourth-order valence-electron chi connectivity index (χ4n) is 3.27. The SMILES string of the molecule is CCS(=O)(=O)N1CCC(NC(=O)[C@H](Sc2ccccc2)c2ccccc2)CC1. The smallest absolute Gasteiger partial charge is 0.238 e. The van der Waals surface area contributed by atoms with Crippen molar-refractivity contribution in [2.24, 2.45) is 0 Å². The fourth-order valence-corrected chi connectivity index (χ4v) is 5.46. The van der Waals surface area contributed by atoms with Gasteiger partial charge in [-0.25, -0.2) is 12.7 Å². The predicted octanol–water partition coefficient (Wildman–Crippen LogP) is 3.45. The van der Waals surface area contributed by atoms with Crippen molar-refractivity contribution in [2.45, 2.75) is 36.0 Å². The van der Waals surface area contributed by atoms with Crippen molar-refractivity contribution in [1.82, 2.24) is 9.62 Å². The zero-order chi connectivity index (χ0) is 20.0. The molecule has 150 valence electrons. The predicted molar refractivity (Wildman–Crippen MR) is 114 cm³/mol. The first-order valence-electron chi connectivity index (χ1n) is 9.54. The Morgan fingerprint density at radius 3 is 2.21 bits per heavy atom. The summed E-state index contributed by atoms with van der Waals surface area (Å²) in [5, 5.41) is 2.80. The van der Waals surface area contributed by atoms with Gasteiger partial charge in [0, 0.05) is 24.0 Å². The number of rotatable bonds is 7. The fraction of sp³-hybridized carbons (Fsp3) is 0.381. The second-order valence-corrected chi connectivity index (χ2v) is 10.2. The van der Waals surface area contributed by atoms with Crippen molar-refractivity contribution < 1.29 is 13.2 Å². The standard InChI is InChI=1S/C21H26N2O3S2/c1-2-28(25,26)23-15-13-18(14-16-23)22-21(24)20(17-9-5-3-6-10-17)27-19-11-7-4-8-12-19/h3-12,18,20H,2,13-16H2,1H3,(H,22,24)/t20-/m1/s1. The van der Waals surface area contributed by atoms with E-state index in [0.717, 1.165) is 10.5 Å². The Morgan fingerprint density at radius 1 is 1.07 bits per heavy atom. The molecule has 1 aliphatic rings. The van der Waals surface area contributed by atoms with Crippen molar-refractivity contribution in [1.29, 1.82) is 0 Å². The molecule has 28 heavy (non-hydrogen) atoms. The number of hydrogen-bond donors (Lipinski definition) is 1. The van der Waals surface area contributed by atoms with Gasteiger partial charge in [0.15, 0.2) is 0 Å². The average molecular weight is 419 g/mol. The average Bonchev–Trinajstić information content (AvgIpc) is 2.73. The number of nitrogens with one attached hydrogen (secondary N) is 1. The highest BCUT2D eigenvalue weighted by Crippen LogP contribution is 2.35. The van der Waals surface area contributed by atoms with Gasteiger partial charge in [0.25, 0.3) is 0 Å². The van der Waals surface area contributed by atoms with Crippen LogP contribution < -0.4 is 5.32 Å². The van der Waals surface area contributed by atoms with Crippen molar-refractivity contribution in [3.63, 3.8) is 0 Å². The number of piperidine rings is 1. The van der Waals surface area contributed by atoms with Crippen LogP contribution >= 0.6 is 11.8 Å². The van der Waals surface area contributed by atoms with E-state index < -0.39 is 10.0 Å². The minimum absolute atomic E-state index is 0.00149. The molecule has 1 amide bonds. The Balaban J connectivity index is 1.67. The van der Waals surface area contributed by atoms with Crippen LogP contribution in [0.15, 0.2) is 65.6 Å².